The van der Waals surface area contributed by atoms with Gasteiger partial charge in [-0.05, 0) is 64.4 Å². The van der Waals surface area contributed by atoms with Crippen LogP contribution >= 0.6 is 0 Å². The average Bonchev–Trinajstić information content (AvgIpc) is 2.56. The van der Waals surface area contributed by atoms with Crippen molar-refractivity contribution in [2.45, 2.75) is 45.8 Å². The lowest BCUT2D eigenvalue weighted by Crippen LogP contribution is -2.34. The van der Waals surface area contributed by atoms with Crippen LogP contribution in [-0.4, -0.2) is 31.1 Å². The number of anilines is 1. The van der Waals surface area contributed by atoms with Crippen molar-refractivity contribution in [1.82, 2.24) is 5.32 Å². The lowest BCUT2D eigenvalue weighted by molar-refractivity contribution is -0.138. The second-order valence-electron chi connectivity index (χ2n) is 6.74. The summed E-state index contributed by atoms with van der Waals surface area (Å²) in [6, 6.07) is 7.69. The third kappa shape index (κ3) is 8.08. The maximum atomic E-state index is 12.0. The summed E-state index contributed by atoms with van der Waals surface area (Å²) >= 11 is 0. The summed E-state index contributed by atoms with van der Waals surface area (Å²) in [5.41, 5.74) is 7.13. The number of nitrogens with one attached hydrogen (secondary N) is 2. The van der Waals surface area contributed by atoms with E-state index in [1.165, 1.54) is 0 Å². The number of rotatable bonds is 4. The van der Waals surface area contributed by atoms with Crippen LogP contribution in [0.15, 0.2) is 24.3 Å². The Morgan fingerprint density at radius 2 is 1.88 bits per heavy atom. The smallest absolute Gasteiger partial charge is 0.293 e. The highest BCUT2D eigenvalue weighted by molar-refractivity contribution is 5.92. The maximum Gasteiger partial charge on any atom is 0.293 e. The summed E-state index contributed by atoms with van der Waals surface area (Å²) in [6.45, 7) is 8.32. The number of benzene rings is 1. The van der Waals surface area contributed by atoms with Crippen molar-refractivity contribution < 1.29 is 14.3 Å². The summed E-state index contributed by atoms with van der Waals surface area (Å²) in [5.74, 6) is 0.275. The molecule has 134 valence electrons. The zero-order chi connectivity index (χ0) is 18.0. The molecule has 1 heterocycles. The Labute approximate surface area is 144 Å². The number of hydrogen-bond acceptors (Lipinski definition) is 5. The fourth-order valence-electron chi connectivity index (χ4n) is 2.20. The Hall–Kier alpha value is -1.92. The molecule has 0 radical (unpaired) electrons. The molecule has 4 N–H and O–H groups in total. The van der Waals surface area contributed by atoms with Gasteiger partial charge >= 0.3 is 0 Å². The van der Waals surface area contributed by atoms with Crippen molar-refractivity contribution in [3.8, 4) is 0 Å². The molecule has 1 saturated heterocycles. The van der Waals surface area contributed by atoms with Gasteiger partial charge in [0, 0.05) is 18.2 Å². The predicted molar refractivity (Wildman–Crippen MR) is 95.5 cm³/mol. The molecule has 24 heavy (non-hydrogen) atoms. The number of carbonyl (C=O) groups excluding carboxylic acids is 2. The van der Waals surface area contributed by atoms with Crippen molar-refractivity contribution in [3.63, 3.8) is 0 Å². The normalized spacial score (nSPS) is 15.0. The van der Waals surface area contributed by atoms with Gasteiger partial charge in [-0.2, -0.15) is 0 Å². The van der Waals surface area contributed by atoms with Crippen molar-refractivity contribution in [2.24, 2.45) is 11.7 Å². The largest absolute Gasteiger partial charge is 0.462 e. The lowest BCUT2D eigenvalue weighted by Gasteiger charge is -2.21. The standard InChI is InChI=1S/C13H19N3O.C5H10O2/c14-9-10-1-3-12(4-2-10)16-13(17)11-5-7-15-8-6-11;1-5(2,3)7-4-6/h1-4,11,15H,5-9,14H2,(H,16,17);4H,1-3H3. The van der Waals surface area contributed by atoms with Crippen molar-refractivity contribution in [2.75, 3.05) is 18.4 Å². The van der Waals surface area contributed by atoms with Crippen molar-refractivity contribution in [3.05, 3.63) is 29.8 Å². The number of amides is 1. The van der Waals surface area contributed by atoms with Crippen molar-refractivity contribution in [1.29, 1.82) is 0 Å². The summed E-state index contributed by atoms with van der Waals surface area (Å²) in [5, 5.41) is 6.21. The number of hydrogen-bond donors (Lipinski definition) is 3. The van der Waals surface area contributed by atoms with E-state index in [0.29, 0.717) is 13.0 Å². The first-order chi connectivity index (χ1) is 11.4. The van der Waals surface area contributed by atoms with E-state index in [1.807, 2.05) is 45.0 Å². The lowest BCUT2D eigenvalue weighted by atomic mass is 9.97. The Morgan fingerprint density at radius 3 is 2.29 bits per heavy atom. The summed E-state index contributed by atoms with van der Waals surface area (Å²) in [7, 11) is 0. The minimum Gasteiger partial charge on any atom is -0.462 e. The van der Waals surface area contributed by atoms with Crippen LogP contribution < -0.4 is 16.4 Å². The minimum atomic E-state index is -0.318. The molecule has 1 aromatic rings. The summed E-state index contributed by atoms with van der Waals surface area (Å²) in [4.78, 5) is 21.6. The highest BCUT2D eigenvalue weighted by atomic mass is 16.5. The predicted octanol–water partition coefficient (Wildman–Crippen LogP) is 2.04. The summed E-state index contributed by atoms with van der Waals surface area (Å²) in [6.07, 6.45) is 1.85. The van der Waals surface area contributed by atoms with E-state index in [2.05, 4.69) is 15.4 Å². The van der Waals surface area contributed by atoms with E-state index in [4.69, 9.17) is 5.73 Å². The zero-order valence-electron chi connectivity index (χ0n) is 14.8. The van der Waals surface area contributed by atoms with Gasteiger partial charge in [-0.25, -0.2) is 0 Å². The molecule has 1 aliphatic rings. The Kier molecular flexibility index (Phi) is 8.43. The van der Waals surface area contributed by atoms with Gasteiger partial charge in [0.05, 0.1) is 0 Å². The Morgan fingerprint density at radius 1 is 1.29 bits per heavy atom. The third-order valence-corrected chi connectivity index (χ3v) is 3.57. The Balaban J connectivity index is 0.000000351. The fourth-order valence-corrected chi connectivity index (χ4v) is 2.20. The molecule has 1 aliphatic heterocycles. The van der Waals surface area contributed by atoms with Crippen LogP contribution in [0, 0.1) is 5.92 Å². The first-order valence-corrected chi connectivity index (χ1v) is 8.28. The average molecular weight is 335 g/mol. The van der Waals surface area contributed by atoms with Crippen LogP contribution in [0.4, 0.5) is 5.69 Å². The Bertz CT molecular complexity index is 503. The molecule has 1 amide bonds. The van der Waals surface area contributed by atoms with Gasteiger partial charge < -0.3 is 21.1 Å². The molecular weight excluding hydrogens is 306 g/mol. The minimum absolute atomic E-state index is 0.131. The van der Waals surface area contributed by atoms with Crippen LogP contribution in [0.2, 0.25) is 0 Å². The molecule has 0 saturated carbocycles. The second kappa shape index (κ2) is 10.1. The van der Waals surface area contributed by atoms with Gasteiger partial charge in [-0.1, -0.05) is 12.1 Å². The van der Waals surface area contributed by atoms with Crippen molar-refractivity contribution >= 4 is 18.1 Å². The van der Waals surface area contributed by atoms with E-state index < -0.39 is 0 Å². The van der Waals surface area contributed by atoms with E-state index >= 15 is 0 Å². The first kappa shape index (κ1) is 20.1. The monoisotopic (exact) mass is 335 g/mol. The van der Waals surface area contributed by atoms with Gasteiger partial charge in [0.25, 0.3) is 6.47 Å². The molecule has 0 unspecified atom stereocenters. The van der Waals surface area contributed by atoms with E-state index in [1.54, 1.807) is 0 Å². The molecular formula is C18H29N3O3. The number of carbonyl (C=O) groups is 2. The molecule has 6 heteroatoms. The third-order valence-electron chi connectivity index (χ3n) is 3.57. The zero-order valence-corrected chi connectivity index (χ0v) is 14.8. The second-order valence-corrected chi connectivity index (χ2v) is 6.74. The van der Waals surface area contributed by atoms with Crippen LogP contribution in [-0.2, 0) is 20.9 Å². The highest BCUT2D eigenvalue weighted by Crippen LogP contribution is 2.16. The highest BCUT2D eigenvalue weighted by Gasteiger charge is 2.20. The van der Waals surface area contributed by atoms with Gasteiger partial charge in [0.2, 0.25) is 5.91 Å². The topological polar surface area (TPSA) is 93.4 Å². The van der Waals surface area contributed by atoms with E-state index in [-0.39, 0.29) is 17.4 Å². The van der Waals surface area contributed by atoms with E-state index in [9.17, 15) is 9.59 Å². The van der Waals surface area contributed by atoms with Gasteiger partial charge in [0.15, 0.2) is 0 Å². The van der Waals surface area contributed by atoms with Gasteiger partial charge in [-0.3, -0.25) is 9.59 Å². The number of ether oxygens (including phenoxy) is 1. The van der Waals surface area contributed by atoms with Crippen LogP contribution in [0.1, 0.15) is 39.2 Å². The van der Waals surface area contributed by atoms with Gasteiger partial charge in [-0.15, -0.1) is 0 Å². The molecule has 0 bridgehead atoms. The molecule has 1 fully saturated rings. The van der Waals surface area contributed by atoms with Crippen LogP contribution in [0.5, 0.6) is 0 Å². The molecule has 0 spiro atoms. The quantitative estimate of drug-likeness (QED) is 0.732. The molecule has 0 aliphatic carbocycles. The summed E-state index contributed by atoms with van der Waals surface area (Å²) < 4.78 is 4.55. The fraction of sp³-hybridized carbons (Fsp3) is 0.556. The van der Waals surface area contributed by atoms with Gasteiger partial charge in [0.1, 0.15) is 5.60 Å². The number of piperidine rings is 1. The maximum absolute atomic E-state index is 12.0. The molecule has 6 nitrogen and oxygen atoms in total. The first-order valence-electron chi connectivity index (χ1n) is 8.28. The SMILES string of the molecule is CC(C)(C)OC=O.NCc1ccc(NC(=O)C2CCNCC2)cc1. The molecule has 2 rings (SSSR count). The van der Waals surface area contributed by atoms with Crippen LogP contribution in [0.25, 0.3) is 0 Å². The number of nitrogens with two attached hydrogens (primary N) is 1. The molecule has 0 aromatic heterocycles. The van der Waals surface area contributed by atoms with E-state index in [0.717, 1.165) is 37.2 Å². The molecule has 1 aromatic carbocycles. The molecule has 0 atom stereocenters. The van der Waals surface area contributed by atoms with Crippen LogP contribution in [0.3, 0.4) is 0 Å².